The third-order valence-corrected chi connectivity index (χ3v) is 4.31. The number of fused-ring (bicyclic) bond motifs is 3. The molecule has 0 aliphatic carbocycles. The number of H-pyrrole nitrogens is 1. The van der Waals surface area contributed by atoms with Crippen LogP contribution in [0.15, 0.2) is 48.7 Å². The Morgan fingerprint density at radius 3 is 2.56 bits per heavy atom. The molecule has 25 heavy (non-hydrogen) atoms. The van der Waals surface area contributed by atoms with Crippen molar-refractivity contribution in [2.24, 2.45) is 0 Å². The molecule has 2 heterocycles. The van der Waals surface area contributed by atoms with E-state index in [-0.39, 0.29) is 5.56 Å². The van der Waals surface area contributed by atoms with Crippen molar-refractivity contribution in [2.45, 2.75) is 0 Å². The zero-order valence-corrected chi connectivity index (χ0v) is 14.2. The molecule has 4 aromatic rings. The number of para-hydroxylation sites is 1. The number of nitrogens with zero attached hydrogens (tertiary/aromatic N) is 1. The summed E-state index contributed by atoms with van der Waals surface area (Å²) in [4.78, 5) is 19.2. The Hall–Kier alpha value is -2.76. The predicted molar refractivity (Wildman–Crippen MR) is 100 cm³/mol. The molecule has 0 saturated carbocycles. The monoisotopic (exact) mass is 371 g/mol. The number of hydrogen-bond donors (Lipinski definition) is 3. The number of carboxylic acids is 1. The minimum atomic E-state index is -1.00. The number of hydrogen-bond acceptors (Lipinski definition) is 3. The lowest BCUT2D eigenvalue weighted by Gasteiger charge is -2.10. The summed E-state index contributed by atoms with van der Waals surface area (Å²) in [6.07, 6.45) is 1.47. The van der Waals surface area contributed by atoms with Crippen LogP contribution in [0.5, 0.6) is 0 Å². The molecule has 0 atom stereocenters. The van der Waals surface area contributed by atoms with Crippen molar-refractivity contribution in [3.63, 3.8) is 0 Å². The van der Waals surface area contributed by atoms with E-state index >= 15 is 0 Å². The fourth-order valence-electron chi connectivity index (χ4n) is 2.87. The van der Waals surface area contributed by atoms with Gasteiger partial charge in [-0.15, -0.1) is 0 Å². The molecule has 2 aromatic carbocycles. The number of carbonyl (C=O) groups is 1. The Morgan fingerprint density at radius 2 is 1.84 bits per heavy atom. The first-order valence-electron chi connectivity index (χ1n) is 7.39. The second-order valence-electron chi connectivity index (χ2n) is 5.52. The van der Waals surface area contributed by atoms with E-state index in [1.165, 1.54) is 6.20 Å². The first-order valence-corrected chi connectivity index (χ1v) is 8.15. The van der Waals surface area contributed by atoms with Gasteiger partial charge in [-0.05, 0) is 24.3 Å². The second-order valence-corrected chi connectivity index (χ2v) is 6.39. The molecule has 124 valence electrons. The van der Waals surface area contributed by atoms with Gasteiger partial charge in [-0.2, -0.15) is 0 Å². The minimum Gasteiger partial charge on any atom is -0.478 e. The number of anilines is 2. The third kappa shape index (κ3) is 2.77. The quantitative estimate of drug-likeness (QED) is 0.446. The van der Waals surface area contributed by atoms with Crippen LogP contribution in [0.25, 0.3) is 21.8 Å². The molecule has 0 bridgehead atoms. The highest BCUT2D eigenvalue weighted by atomic mass is 35.5. The van der Waals surface area contributed by atoms with E-state index in [0.717, 1.165) is 5.39 Å². The van der Waals surface area contributed by atoms with Crippen LogP contribution in [-0.4, -0.2) is 21.0 Å². The highest BCUT2D eigenvalue weighted by Gasteiger charge is 2.17. The summed E-state index contributed by atoms with van der Waals surface area (Å²) in [5, 5.41) is 15.0. The topological polar surface area (TPSA) is 78.0 Å². The van der Waals surface area contributed by atoms with Crippen molar-refractivity contribution in [2.75, 3.05) is 5.32 Å². The van der Waals surface area contributed by atoms with Crippen molar-refractivity contribution in [3.8, 4) is 0 Å². The van der Waals surface area contributed by atoms with Crippen molar-refractivity contribution in [1.29, 1.82) is 0 Å². The molecule has 0 radical (unpaired) electrons. The molecule has 0 spiro atoms. The number of aromatic amines is 1. The van der Waals surface area contributed by atoms with Crippen molar-refractivity contribution >= 4 is 62.5 Å². The number of aromatic nitrogens is 2. The van der Waals surface area contributed by atoms with E-state index in [0.29, 0.717) is 38.0 Å². The Balaban J connectivity index is 1.98. The Bertz CT molecular complexity index is 1120. The third-order valence-electron chi connectivity index (χ3n) is 3.88. The number of aromatic carboxylic acids is 1. The van der Waals surface area contributed by atoms with Gasteiger partial charge in [-0.3, -0.25) is 0 Å². The molecule has 4 rings (SSSR count). The molecule has 7 heteroatoms. The van der Waals surface area contributed by atoms with Crippen LogP contribution >= 0.6 is 23.2 Å². The molecule has 2 aromatic heterocycles. The first kappa shape index (κ1) is 15.7. The summed E-state index contributed by atoms with van der Waals surface area (Å²) in [5.74, 6) is -0.501. The van der Waals surface area contributed by atoms with Crippen LogP contribution in [0.1, 0.15) is 10.4 Å². The molecular formula is C18H11Cl2N3O2. The molecule has 5 nitrogen and oxygen atoms in total. The van der Waals surface area contributed by atoms with E-state index in [1.54, 1.807) is 18.2 Å². The molecule has 0 fully saturated rings. The van der Waals surface area contributed by atoms with Gasteiger partial charge in [-0.1, -0.05) is 41.4 Å². The zero-order valence-electron chi connectivity index (χ0n) is 12.7. The van der Waals surface area contributed by atoms with Crippen LogP contribution < -0.4 is 5.32 Å². The van der Waals surface area contributed by atoms with Gasteiger partial charge in [0.2, 0.25) is 0 Å². The number of benzene rings is 2. The van der Waals surface area contributed by atoms with Crippen LogP contribution in [0.2, 0.25) is 10.0 Å². The van der Waals surface area contributed by atoms with Gasteiger partial charge in [0.15, 0.2) is 5.82 Å². The number of nitrogens with one attached hydrogen (secondary N) is 2. The van der Waals surface area contributed by atoms with Crippen LogP contribution in [0.4, 0.5) is 11.5 Å². The summed E-state index contributed by atoms with van der Waals surface area (Å²) in [5.41, 5.74) is 2.15. The normalized spacial score (nSPS) is 11.1. The molecule has 0 amide bonds. The molecule has 0 unspecified atom stereocenters. The van der Waals surface area contributed by atoms with Gasteiger partial charge in [0.1, 0.15) is 0 Å². The maximum atomic E-state index is 11.6. The zero-order chi connectivity index (χ0) is 17.6. The fraction of sp³-hybridized carbons (Fsp3) is 0. The minimum absolute atomic E-state index is 0.195. The predicted octanol–water partition coefficient (Wildman–Crippen LogP) is 5.46. The van der Waals surface area contributed by atoms with E-state index < -0.39 is 5.97 Å². The van der Waals surface area contributed by atoms with E-state index in [2.05, 4.69) is 15.3 Å². The average Bonchev–Trinajstić information content (AvgIpc) is 3.00. The van der Waals surface area contributed by atoms with Crippen molar-refractivity contribution < 1.29 is 9.90 Å². The van der Waals surface area contributed by atoms with E-state index in [1.807, 2.05) is 24.3 Å². The summed E-state index contributed by atoms with van der Waals surface area (Å²) in [6, 6.07) is 12.5. The standard InChI is InChI=1S/C18H11Cl2N3O2/c19-9-5-10(20)7-11(6-9)22-17-16-15(13(8-21-16)18(24)25)12-3-1-2-4-14(12)23-17/h1-8,21H,(H,22,23)(H,24,25). The number of rotatable bonds is 3. The van der Waals surface area contributed by atoms with Crippen molar-refractivity contribution in [3.05, 3.63) is 64.3 Å². The maximum Gasteiger partial charge on any atom is 0.337 e. The molecule has 0 aliphatic heterocycles. The fourth-order valence-corrected chi connectivity index (χ4v) is 3.40. The molecular weight excluding hydrogens is 361 g/mol. The van der Waals surface area contributed by atoms with Crippen molar-refractivity contribution in [1.82, 2.24) is 9.97 Å². The molecule has 3 N–H and O–H groups in total. The lowest BCUT2D eigenvalue weighted by molar-refractivity contribution is 0.0699. The highest BCUT2D eigenvalue weighted by molar-refractivity contribution is 6.35. The van der Waals surface area contributed by atoms with Gasteiger partial charge < -0.3 is 15.4 Å². The summed E-state index contributed by atoms with van der Waals surface area (Å²) < 4.78 is 0. The smallest absolute Gasteiger partial charge is 0.337 e. The number of carboxylic acid groups (broad SMARTS) is 1. The summed E-state index contributed by atoms with van der Waals surface area (Å²) >= 11 is 12.1. The Labute approximate surface area is 152 Å². The van der Waals surface area contributed by atoms with Gasteiger partial charge in [0.05, 0.1) is 16.6 Å². The van der Waals surface area contributed by atoms with Gasteiger partial charge in [0.25, 0.3) is 0 Å². The SMILES string of the molecule is O=C(O)c1c[nH]c2c(Nc3cc(Cl)cc(Cl)c3)nc3ccccc3c12. The lowest BCUT2D eigenvalue weighted by Crippen LogP contribution is -1.98. The number of halogens is 2. The Kier molecular flexibility index (Phi) is 3.75. The van der Waals surface area contributed by atoms with Crippen LogP contribution in [0.3, 0.4) is 0 Å². The van der Waals surface area contributed by atoms with Gasteiger partial charge >= 0.3 is 5.97 Å². The van der Waals surface area contributed by atoms with Gasteiger partial charge in [-0.25, -0.2) is 9.78 Å². The largest absolute Gasteiger partial charge is 0.478 e. The lowest BCUT2D eigenvalue weighted by atomic mass is 10.1. The Morgan fingerprint density at radius 1 is 1.12 bits per heavy atom. The second kappa shape index (κ2) is 5.95. The molecule has 0 saturated heterocycles. The molecule has 0 aliphatic rings. The maximum absolute atomic E-state index is 11.6. The average molecular weight is 372 g/mol. The van der Waals surface area contributed by atoms with E-state index in [9.17, 15) is 9.90 Å². The summed E-state index contributed by atoms with van der Waals surface area (Å²) in [7, 11) is 0. The van der Waals surface area contributed by atoms with Crippen LogP contribution in [0, 0.1) is 0 Å². The highest BCUT2D eigenvalue weighted by Crippen LogP contribution is 2.33. The summed E-state index contributed by atoms with van der Waals surface area (Å²) in [6.45, 7) is 0. The first-order chi connectivity index (χ1) is 12.0. The van der Waals surface area contributed by atoms with Gasteiger partial charge in [0, 0.05) is 32.7 Å². The van der Waals surface area contributed by atoms with Crippen LogP contribution in [-0.2, 0) is 0 Å². The number of pyridine rings is 1. The van der Waals surface area contributed by atoms with E-state index in [4.69, 9.17) is 23.2 Å².